The Bertz CT molecular complexity index is 576. The number of alkyl halides is 1. The number of hydrogen-bond donors (Lipinski definition) is 0. The number of rotatable bonds is 4. The highest BCUT2D eigenvalue weighted by molar-refractivity contribution is 9.09. The van der Waals surface area contributed by atoms with Gasteiger partial charge in [-0.2, -0.15) is 0 Å². The van der Waals surface area contributed by atoms with Crippen molar-refractivity contribution in [3.8, 4) is 0 Å². The molecule has 2 aromatic carbocycles. The van der Waals surface area contributed by atoms with Gasteiger partial charge in [-0.3, -0.25) is 0 Å². The Morgan fingerprint density at radius 3 is 2.05 bits per heavy atom. The van der Waals surface area contributed by atoms with E-state index in [1.165, 1.54) is 17.7 Å². The zero-order chi connectivity index (χ0) is 14.7. The summed E-state index contributed by atoms with van der Waals surface area (Å²) in [5.74, 6) is -1.09. The van der Waals surface area contributed by atoms with Crippen molar-refractivity contribution in [2.24, 2.45) is 0 Å². The van der Waals surface area contributed by atoms with Gasteiger partial charge >= 0.3 is 0 Å². The van der Waals surface area contributed by atoms with Crippen LogP contribution in [0, 0.1) is 11.6 Å². The zero-order valence-electron chi connectivity index (χ0n) is 11.5. The maximum Gasteiger partial charge on any atom is 0.159 e. The average molecular weight is 339 g/mol. The molecule has 2 aromatic rings. The van der Waals surface area contributed by atoms with E-state index >= 15 is 0 Å². The van der Waals surface area contributed by atoms with Gasteiger partial charge in [-0.05, 0) is 41.2 Å². The molecule has 0 aliphatic rings. The Kier molecular flexibility index (Phi) is 4.92. The lowest BCUT2D eigenvalue weighted by Crippen LogP contribution is -1.98. The van der Waals surface area contributed by atoms with Gasteiger partial charge in [0.15, 0.2) is 11.6 Å². The summed E-state index contributed by atoms with van der Waals surface area (Å²) in [5.41, 5.74) is 3.21. The minimum Gasteiger partial charge on any atom is -0.204 e. The average Bonchev–Trinajstić information content (AvgIpc) is 2.43. The second kappa shape index (κ2) is 6.49. The molecule has 0 spiro atoms. The predicted octanol–water partition coefficient (Wildman–Crippen LogP) is 5.77. The summed E-state index contributed by atoms with van der Waals surface area (Å²) in [4.78, 5) is 0.0913. The first-order valence-electron chi connectivity index (χ1n) is 6.65. The van der Waals surface area contributed by atoms with E-state index < -0.39 is 11.6 Å². The van der Waals surface area contributed by atoms with Gasteiger partial charge < -0.3 is 0 Å². The van der Waals surface area contributed by atoms with E-state index in [1.54, 1.807) is 6.07 Å². The van der Waals surface area contributed by atoms with Crippen LogP contribution in [0.1, 0.15) is 41.3 Å². The quantitative estimate of drug-likeness (QED) is 0.621. The van der Waals surface area contributed by atoms with Crippen LogP contribution in [0.15, 0.2) is 42.5 Å². The van der Waals surface area contributed by atoms with E-state index in [4.69, 9.17) is 0 Å². The first-order chi connectivity index (χ1) is 9.47. The molecular formula is C17H17BrF2. The van der Waals surface area contributed by atoms with Crippen LogP contribution in [-0.2, 0) is 6.42 Å². The Morgan fingerprint density at radius 1 is 0.900 bits per heavy atom. The van der Waals surface area contributed by atoms with Crippen molar-refractivity contribution < 1.29 is 8.78 Å². The van der Waals surface area contributed by atoms with Crippen LogP contribution in [0.3, 0.4) is 0 Å². The summed E-state index contributed by atoms with van der Waals surface area (Å²) in [6.45, 7) is 4.31. The highest BCUT2D eigenvalue weighted by Crippen LogP contribution is 2.28. The van der Waals surface area contributed by atoms with E-state index in [9.17, 15) is 8.78 Å². The Morgan fingerprint density at radius 2 is 1.50 bits per heavy atom. The molecule has 0 fully saturated rings. The van der Waals surface area contributed by atoms with Gasteiger partial charge in [0.05, 0.1) is 0 Å². The van der Waals surface area contributed by atoms with Gasteiger partial charge in [0.25, 0.3) is 0 Å². The van der Waals surface area contributed by atoms with Crippen molar-refractivity contribution in [1.82, 2.24) is 0 Å². The van der Waals surface area contributed by atoms with Crippen LogP contribution < -0.4 is 0 Å². The monoisotopic (exact) mass is 338 g/mol. The minimum absolute atomic E-state index is 0.0913. The largest absolute Gasteiger partial charge is 0.204 e. The van der Waals surface area contributed by atoms with Gasteiger partial charge in [0.1, 0.15) is 0 Å². The van der Waals surface area contributed by atoms with E-state index in [-0.39, 0.29) is 4.83 Å². The van der Waals surface area contributed by atoms with Crippen molar-refractivity contribution in [2.45, 2.75) is 31.0 Å². The van der Waals surface area contributed by atoms with Gasteiger partial charge in [-0.15, -0.1) is 0 Å². The van der Waals surface area contributed by atoms with E-state index in [0.717, 1.165) is 11.1 Å². The third-order valence-electron chi connectivity index (χ3n) is 3.36. The zero-order valence-corrected chi connectivity index (χ0v) is 13.1. The topological polar surface area (TPSA) is 0 Å². The molecule has 0 saturated heterocycles. The summed E-state index contributed by atoms with van der Waals surface area (Å²) in [5, 5.41) is 0. The normalized spacial score (nSPS) is 12.7. The Balaban J connectivity index is 2.10. The fraction of sp³-hybridized carbons (Fsp3) is 0.294. The third-order valence-corrected chi connectivity index (χ3v) is 4.22. The third kappa shape index (κ3) is 3.66. The smallest absolute Gasteiger partial charge is 0.159 e. The summed E-state index contributed by atoms with van der Waals surface area (Å²) in [7, 11) is 0. The fourth-order valence-electron chi connectivity index (χ4n) is 2.08. The standard InChI is InChI=1S/C17H17BrF2/c1-11(2)13-4-6-14(7-5-13)15(18)9-12-3-8-16(19)17(20)10-12/h3-8,10-11,15H,9H2,1-2H3. The molecule has 1 unspecified atom stereocenters. The number of benzene rings is 2. The SMILES string of the molecule is CC(C)c1ccc(C(Br)Cc2ccc(F)c(F)c2)cc1. The molecule has 0 amide bonds. The molecule has 2 rings (SSSR count). The van der Waals surface area contributed by atoms with E-state index in [1.807, 2.05) is 0 Å². The summed E-state index contributed by atoms with van der Waals surface area (Å²) in [6.07, 6.45) is 0.623. The van der Waals surface area contributed by atoms with Crippen molar-refractivity contribution in [3.63, 3.8) is 0 Å². The van der Waals surface area contributed by atoms with Gasteiger partial charge in [-0.25, -0.2) is 8.78 Å². The summed E-state index contributed by atoms with van der Waals surface area (Å²) < 4.78 is 26.1. The molecule has 0 nitrogen and oxygen atoms in total. The second-order valence-electron chi connectivity index (χ2n) is 5.24. The number of halogens is 3. The fourth-order valence-corrected chi connectivity index (χ4v) is 2.76. The molecule has 106 valence electrons. The molecule has 0 aromatic heterocycles. The van der Waals surface area contributed by atoms with Crippen LogP contribution in [0.5, 0.6) is 0 Å². The highest BCUT2D eigenvalue weighted by Gasteiger charge is 2.11. The molecule has 3 heteroatoms. The van der Waals surface area contributed by atoms with Crippen molar-refractivity contribution in [3.05, 3.63) is 70.8 Å². The first kappa shape index (κ1) is 15.2. The molecule has 0 bridgehead atoms. The lowest BCUT2D eigenvalue weighted by atomic mass is 9.99. The molecule has 0 radical (unpaired) electrons. The van der Waals surface area contributed by atoms with Crippen LogP contribution >= 0.6 is 15.9 Å². The first-order valence-corrected chi connectivity index (χ1v) is 7.57. The maximum absolute atomic E-state index is 13.2. The molecule has 0 aliphatic heterocycles. The van der Waals surface area contributed by atoms with Gasteiger partial charge in [-0.1, -0.05) is 60.1 Å². The molecule has 0 saturated carbocycles. The Labute approximate surface area is 127 Å². The predicted molar refractivity (Wildman–Crippen MR) is 82.3 cm³/mol. The number of hydrogen-bond acceptors (Lipinski definition) is 0. The molecule has 1 atom stereocenters. The summed E-state index contributed by atoms with van der Waals surface area (Å²) in [6, 6.07) is 12.4. The molecule has 0 N–H and O–H groups in total. The second-order valence-corrected chi connectivity index (χ2v) is 6.35. The molecular weight excluding hydrogens is 322 g/mol. The van der Waals surface area contributed by atoms with Crippen molar-refractivity contribution >= 4 is 15.9 Å². The maximum atomic E-state index is 13.2. The van der Waals surface area contributed by atoms with Crippen LogP contribution in [-0.4, -0.2) is 0 Å². The Hall–Kier alpha value is -1.22. The van der Waals surface area contributed by atoms with Crippen molar-refractivity contribution in [1.29, 1.82) is 0 Å². The van der Waals surface area contributed by atoms with E-state index in [0.29, 0.717) is 12.3 Å². The van der Waals surface area contributed by atoms with Crippen LogP contribution in [0.2, 0.25) is 0 Å². The molecule has 20 heavy (non-hydrogen) atoms. The minimum atomic E-state index is -0.804. The lowest BCUT2D eigenvalue weighted by Gasteiger charge is -2.12. The van der Waals surface area contributed by atoms with Crippen LogP contribution in [0.4, 0.5) is 8.78 Å². The molecule has 0 heterocycles. The van der Waals surface area contributed by atoms with Crippen LogP contribution in [0.25, 0.3) is 0 Å². The lowest BCUT2D eigenvalue weighted by molar-refractivity contribution is 0.507. The van der Waals surface area contributed by atoms with Gasteiger partial charge in [0, 0.05) is 4.83 Å². The molecule has 0 aliphatic carbocycles. The highest BCUT2D eigenvalue weighted by atomic mass is 79.9. The van der Waals surface area contributed by atoms with E-state index in [2.05, 4.69) is 54.0 Å². The van der Waals surface area contributed by atoms with Gasteiger partial charge in [0.2, 0.25) is 0 Å². The summed E-state index contributed by atoms with van der Waals surface area (Å²) >= 11 is 3.61. The van der Waals surface area contributed by atoms with Crippen molar-refractivity contribution in [2.75, 3.05) is 0 Å².